The predicted molar refractivity (Wildman–Crippen MR) is 95.2 cm³/mol. The highest BCUT2D eigenvalue weighted by Gasteiger charge is 2.36. The standard InChI is InChI=1S/C16H22N6OS/c1-21(16-14-15(18-9-17-14)19-10-20-16)8-13(23)22-6-7-24-12-5-3-2-4-11(12)22/h9-12H,2-8H2,1H3,(H,17,18,19,20)/t11-,12-/m1/s1. The van der Waals surface area contributed by atoms with Crippen LogP contribution in [-0.4, -0.2) is 67.9 Å². The molecule has 2 aliphatic rings. The zero-order chi connectivity index (χ0) is 16.5. The predicted octanol–water partition coefficient (Wildman–Crippen LogP) is 1.68. The van der Waals surface area contributed by atoms with Crippen LogP contribution < -0.4 is 4.90 Å². The number of carbonyl (C=O) groups is 1. The Balaban J connectivity index is 1.50. The fraction of sp³-hybridized carbons (Fsp3) is 0.625. The van der Waals surface area contributed by atoms with E-state index in [9.17, 15) is 4.79 Å². The average molecular weight is 346 g/mol. The lowest BCUT2D eigenvalue weighted by Crippen LogP contribution is -2.54. The third-order valence-electron chi connectivity index (χ3n) is 4.99. The number of rotatable bonds is 3. The Labute approximate surface area is 145 Å². The van der Waals surface area contributed by atoms with Gasteiger partial charge in [0.25, 0.3) is 0 Å². The minimum absolute atomic E-state index is 0.195. The van der Waals surface area contributed by atoms with Crippen molar-refractivity contribution < 1.29 is 4.79 Å². The highest BCUT2D eigenvalue weighted by Crippen LogP contribution is 2.35. The Morgan fingerprint density at radius 2 is 2.25 bits per heavy atom. The number of H-pyrrole nitrogens is 1. The lowest BCUT2D eigenvalue weighted by atomic mass is 9.93. The van der Waals surface area contributed by atoms with E-state index in [1.165, 1.54) is 25.6 Å². The zero-order valence-electron chi connectivity index (χ0n) is 13.8. The third-order valence-corrected chi connectivity index (χ3v) is 6.39. The quantitative estimate of drug-likeness (QED) is 0.911. The first-order valence-corrected chi connectivity index (χ1v) is 9.55. The summed E-state index contributed by atoms with van der Waals surface area (Å²) < 4.78 is 0. The van der Waals surface area contributed by atoms with Crippen molar-refractivity contribution in [2.24, 2.45) is 0 Å². The summed E-state index contributed by atoms with van der Waals surface area (Å²) in [5.41, 5.74) is 1.40. The Hall–Kier alpha value is -1.83. The van der Waals surface area contributed by atoms with Crippen LogP contribution in [0.1, 0.15) is 25.7 Å². The largest absolute Gasteiger partial charge is 0.348 e. The van der Waals surface area contributed by atoms with Crippen LogP contribution in [0.5, 0.6) is 0 Å². The number of likely N-dealkylation sites (N-methyl/N-ethyl adjacent to an activating group) is 1. The maximum Gasteiger partial charge on any atom is 0.242 e. The summed E-state index contributed by atoms with van der Waals surface area (Å²) in [6.45, 7) is 1.20. The number of fused-ring (bicyclic) bond motifs is 2. The number of anilines is 1. The van der Waals surface area contributed by atoms with Crippen LogP contribution in [0, 0.1) is 0 Å². The average Bonchev–Trinajstić information content (AvgIpc) is 3.09. The third kappa shape index (κ3) is 2.83. The van der Waals surface area contributed by atoms with Crippen LogP contribution >= 0.6 is 11.8 Å². The van der Waals surface area contributed by atoms with Crippen molar-refractivity contribution in [3.8, 4) is 0 Å². The molecule has 7 nitrogen and oxygen atoms in total. The molecule has 1 saturated carbocycles. The Bertz CT molecular complexity index is 732. The maximum atomic E-state index is 12.9. The first-order chi connectivity index (χ1) is 11.7. The molecule has 0 aromatic carbocycles. The Kier molecular flexibility index (Phi) is 4.30. The van der Waals surface area contributed by atoms with Gasteiger partial charge in [0.2, 0.25) is 5.91 Å². The van der Waals surface area contributed by atoms with Crippen molar-refractivity contribution in [3.05, 3.63) is 12.7 Å². The second-order valence-electron chi connectivity index (χ2n) is 6.50. The second kappa shape index (κ2) is 6.58. The summed E-state index contributed by atoms with van der Waals surface area (Å²) >= 11 is 2.05. The molecule has 8 heteroatoms. The first-order valence-electron chi connectivity index (χ1n) is 8.50. The minimum Gasteiger partial charge on any atom is -0.348 e. The number of aromatic nitrogens is 4. The molecule has 2 atom stereocenters. The summed E-state index contributed by atoms with van der Waals surface area (Å²) in [6.07, 6.45) is 8.03. The minimum atomic E-state index is 0.195. The van der Waals surface area contributed by atoms with E-state index in [0.29, 0.717) is 23.5 Å². The van der Waals surface area contributed by atoms with Crippen molar-refractivity contribution in [1.82, 2.24) is 24.8 Å². The highest BCUT2D eigenvalue weighted by molar-refractivity contribution is 8.00. The van der Waals surface area contributed by atoms with E-state index in [1.807, 2.05) is 23.7 Å². The van der Waals surface area contributed by atoms with Gasteiger partial charge >= 0.3 is 0 Å². The number of aromatic amines is 1. The van der Waals surface area contributed by atoms with Gasteiger partial charge < -0.3 is 14.8 Å². The van der Waals surface area contributed by atoms with Gasteiger partial charge in [0, 0.05) is 30.6 Å². The van der Waals surface area contributed by atoms with E-state index in [2.05, 4.69) is 24.8 Å². The SMILES string of the molecule is CN(CC(=O)N1CCS[C@@H]2CCCC[C@H]21)c1ncnc2nc[nH]c12. The van der Waals surface area contributed by atoms with Gasteiger partial charge in [-0.25, -0.2) is 15.0 Å². The van der Waals surface area contributed by atoms with E-state index in [4.69, 9.17) is 0 Å². The topological polar surface area (TPSA) is 78.0 Å². The molecule has 1 saturated heterocycles. The monoisotopic (exact) mass is 346 g/mol. The van der Waals surface area contributed by atoms with Gasteiger partial charge in [0.15, 0.2) is 11.5 Å². The fourth-order valence-electron chi connectivity index (χ4n) is 3.82. The van der Waals surface area contributed by atoms with Gasteiger partial charge in [-0.05, 0) is 12.8 Å². The number of nitrogens with one attached hydrogen (secondary N) is 1. The number of amides is 1. The van der Waals surface area contributed by atoms with Gasteiger partial charge in [-0.2, -0.15) is 11.8 Å². The van der Waals surface area contributed by atoms with Crippen LogP contribution in [0.25, 0.3) is 11.2 Å². The van der Waals surface area contributed by atoms with E-state index >= 15 is 0 Å². The lowest BCUT2D eigenvalue weighted by Gasteiger charge is -2.44. The zero-order valence-corrected chi connectivity index (χ0v) is 14.6. The molecule has 4 rings (SSSR count). The summed E-state index contributed by atoms with van der Waals surface area (Å²) in [5.74, 6) is 1.97. The Morgan fingerprint density at radius 3 is 3.17 bits per heavy atom. The lowest BCUT2D eigenvalue weighted by molar-refractivity contribution is -0.132. The number of thioether (sulfide) groups is 1. The number of nitrogens with zero attached hydrogens (tertiary/aromatic N) is 5. The summed E-state index contributed by atoms with van der Waals surface area (Å²) in [5, 5.41) is 0.625. The van der Waals surface area contributed by atoms with E-state index in [0.717, 1.165) is 30.1 Å². The molecule has 2 fully saturated rings. The number of imidazole rings is 1. The van der Waals surface area contributed by atoms with Crippen molar-refractivity contribution in [2.45, 2.75) is 37.0 Å². The summed E-state index contributed by atoms with van der Waals surface area (Å²) in [4.78, 5) is 32.6. The smallest absolute Gasteiger partial charge is 0.242 e. The molecule has 1 amide bonds. The van der Waals surface area contributed by atoms with Crippen molar-refractivity contribution in [2.75, 3.05) is 30.8 Å². The molecular formula is C16H22N6OS. The van der Waals surface area contributed by atoms with Crippen molar-refractivity contribution >= 4 is 34.7 Å². The number of hydrogen-bond acceptors (Lipinski definition) is 6. The highest BCUT2D eigenvalue weighted by atomic mass is 32.2. The molecular weight excluding hydrogens is 324 g/mol. The van der Waals surface area contributed by atoms with Crippen LogP contribution in [-0.2, 0) is 4.79 Å². The molecule has 0 unspecified atom stereocenters. The van der Waals surface area contributed by atoms with Crippen molar-refractivity contribution in [3.63, 3.8) is 0 Å². The second-order valence-corrected chi connectivity index (χ2v) is 7.85. The van der Waals surface area contributed by atoms with Gasteiger partial charge in [0.1, 0.15) is 11.8 Å². The first kappa shape index (κ1) is 15.7. The molecule has 1 aliphatic heterocycles. The molecule has 1 N–H and O–H groups in total. The normalized spacial score (nSPS) is 24.0. The summed E-state index contributed by atoms with van der Waals surface area (Å²) in [7, 11) is 1.90. The molecule has 3 heterocycles. The fourth-order valence-corrected chi connectivity index (χ4v) is 5.26. The van der Waals surface area contributed by atoms with Gasteiger partial charge in [0.05, 0.1) is 12.9 Å². The molecule has 0 spiro atoms. The van der Waals surface area contributed by atoms with Gasteiger partial charge in [-0.3, -0.25) is 4.79 Å². The van der Waals surface area contributed by atoms with E-state index in [-0.39, 0.29) is 5.91 Å². The van der Waals surface area contributed by atoms with E-state index in [1.54, 1.807) is 6.33 Å². The van der Waals surface area contributed by atoms with E-state index < -0.39 is 0 Å². The van der Waals surface area contributed by atoms with Crippen LogP contribution in [0.4, 0.5) is 5.82 Å². The number of hydrogen-bond donors (Lipinski definition) is 1. The summed E-state index contributed by atoms with van der Waals surface area (Å²) in [6, 6.07) is 0.413. The van der Waals surface area contributed by atoms with Crippen LogP contribution in [0.2, 0.25) is 0 Å². The van der Waals surface area contributed by atoms with Crippen LogP contribution in [0.3, 0.4) is 0 Å². The molecule has 0 bridgehead atoms. The molecule has 1 aliphatic carbocycles. The molecule has 24 heavy (non-hydrogen) atoms. The Morgan fingerprint density at radius 1 is 1.38 bits per heavy atom. The number of carbonyl (C=O) groups excluding carboxylic acids is 1. The molecule has 2 aromatic rings. The molecule has 128 valence electrons. The van der Waals surface area contributed by atoms with Crippen molar-refractivity contribution in [1.29, 1.82) is 0 Å². The maximum absolute atomic E-state index is 12.9. The molecule has 2 aromatic heterocycles. The molecule has 0 radical (unpaired) electrons. The van der Waals surface area contributed by atoms with Crippen LogP contribution in [0.15, 0.2) is 12.7 Å². The van der Waals surface area contributed by atoms with Gasteiger partial charge in [-0.1, -0.05) is 12.8 Å². The van der Waals surface area contributed by atoms with Gasteiger partial charge in [-0.15, -0.1) is 0 Å².